The summed E-state index contributed by atoms with van der Waals surface area (Å²) in [6.45, 7) is 0.319. The minimum absolute atomic E-state index is 0. The summed E-state index contributed by atoms with van der Waals surface area (Å²) in [6, 6.07) is 20.5. The standard InChI is InChI=1S/C18H14O3.Na/c19-18(20)16-10-14-8-4-5-9-15(14)11-17(16)21-12-13-6-2-1-3-7-13;/h1-11H,12H2,(H,19,20);/q;+1/p-1. The van der Waals surface area contributed by atoms with E-state index in [2.05, 4.69) is 0 Å². The Hall–Kier alpha value is -1.81. The molecule has 0 amide bonds. The van der Waals surface area contributed by atoms with Gasteiger partial charge in [-0.15, -0.1) is 0 Å². The van der Waals surface area contributed by atoms with Crippen LogP contribution in [0.4, 0.5) is 0 Å². The molecule has 3 aromatic carbocycles. The summed E-state index contributed by atoms with van der Waals surface area (Å²) in [5.74, 6) is -0.902. The second-order valence-electron chi connectivity index (χ2n) is 4.76. The van der Waals surface area contributed by atoms with Crippen LogP contribution in [0.3, 0.4) is 0 Å². The topological polar surface area (TPSA) is 49.4 Å². The average Bonchev–Trinajstić information content (AvgIpc) is 2.53. The molecule has 0 bridgehead atoms. The fourth-order valence-electron chi connectivity index (χ4n) is 2.23. The Bertz CT molecular complexity index is 785. The van der Waals surface area contributed by atoms with Crippen molar-refractivity contribution in [3.05, 3.63) is 77.9 Å². The van der Waals surface area contributed by atoms with E-state index in [1.165, 1.54) is 0 Å². The number of hydrogen-bond acceptors (Lipinski definition) is 3. The van der Waals surface area contributed by atoms with E-state index in [9.17, 15) is 9.90 Å². The zero-order valence-electron chi connectivity index (χ0n) is 12.3. The quantitative estimate of drug-likeness (QED) is 0.626. The van der Waals surface area contributed by atoms with Crippen LogP contribution in [-0.2, 0) is 6.61 Å². The molecule has 0 saturated heterocycles. The molecule has 0 aliphatic carbocycles. The summed E-state index contributed by atoms with van der Waals surface area (Å²) in [5, 5.41) is 13.1. The number of fused-ring (bicyclic) bond motifs is 1. The first-order chi connectivity index (χ1) is 10.2. The van der Waals surface area contributed by atoms with Crippen LogP contribution < -0.4 is 39.4 Å². The molecule has 0 unspecified atom stereocenters. The van der Waals surface area contributed by atoms with Gasteiger partial charge in [0.25, 0.3) is 0 Å². The Kier molecular flexibility index (Phi) is 5.61. The third-order valence-electron chi connectivity index (χ3n) is 3.30. The zero-order chi connectivity index (χ0) is 14.7. The minimum Gasteiger partial charge on any atom is -0.545 e. The second kappa shape index (κ2) is 7.45. The van der Waals surface area contributed by atoms with E-state index in [4.69, 9.17) is 4.74 Å². The SMILES string of the molecule is O=C([O-])c1cc2ccccc2cc1OCc1ccccc1.[Na+]. The van der Waals surface area contributed by atoms with Crippen molar-refractivity contribution in [3.8, 4) is 5.75 Å². The Morgan fingerprint density at radius 3 is 2.14 bits per heavy atom. The van der Waals surface area contributed by atoms with Crippen molar-refractivity contribution in [1.29, 1.82) is 0 Å². The normalized spacial score (nSPS) is 10.0. The molecule has 0 spiro atoms. The van der Waals surface area contributed by atoms with Gasteiger partial charge in [-0.2, -0.15) is 0 Å². The van der Waals surface area contributed by atoms with E-state index in [0.29, 0.717) is 12.4 Å². The van der Waals surface area contributed by atoms with Gasteiger partial charge in [0.1, 0.15) is 12.4 Å². The second-order valence-corrected chi connectivity index (χ2v) is 4.76. The number of benzene rings is 3. The molecule has 0 aliphatic heterocycles. The van der Waals surface area contributed by atoms with Gasteiger partial charge in [0.2, 0.25) is 0 Å². The molecule has 0 fully saturated rings. The first kappa shape index (κ1) is 16.6. The zero-order valence-corrected chi connectivity index (χ0v) is 14.3. The monoisotopic (exact) mass is 300 g/mol. The smallest absolute Gasteiger partial charge is 0.545 e. The van der Waals surface area contributed by atoms with E-state index in [0.717, 1.165) is 16.3 Å². The molecular formula is C18H13NaO3. The Morgan fingerprint density at radius 1 is 0.909 bits per heavy atom. The number of carboxylic acid groups (broad SMARTS) is 1. The van der Waals surface area contributed by atoms with Crippen molar-refractivity contribution in [2.24, 2.45) is 0 Å². The Balaban J connectivity index is 0.00000176. The maximum absolute atomic E-state index is 11.3. The fraction of sp³-hybridized carbons (Fsp3) is 0.0556. The minimum atomic E-state index is -1.23. The van der Waals surface area contributed by atoms with Crippen LogP contribution in [0.25, 0.3) is 10.8 Å². The number of rotatable bonds is 4. The van der Waals surface area contributed by atoms with E-state index in [1.807, 2.05) is 54.6 Å². The molecule has 3 aromatic rings. The molecule has 0 saturated carbocycles. The first-order valence-electron chi connectivity index (χ1n) is 6.65. The number of carboxylic acids is 1. The maximum atomic E-state index is 11.3. The first-order valence-corrected chi connectivity index (χ1v) is 6.65. The van der Waals surface area contributed by atoms with Gasteiger partial charge in [0.15, 0.2) is 0 Å². The van der Waals surface area contributed by atoms with Crippen molar-refractivity contribution < 1.29 is 44.2 Å². The Morgan fingerprint density at radius 2 is 1.50 bits per heavy atom. The van der Waals surface area contributed by atoms with Crippen LogP contribution in [0, 0.1) is 0 Å². The van der Waals surface area contributed by atoms with Crippen molar-refractivity contribution in [3.63, 3.8) is 0 Å². The van der Waals surface area contributed by atoms with Crippen LogP contribution in [0.1, 0.15) is 15.9 Å². The van der Waals surface area contributed by atoms with E-state index < -0.39 is 5.97 Å². The van der Waals surface area contributed by atoms with Gasteiger partial charge >= 0.3 is 29.6 Å². The number of carbonyl (C=O) groups excluding carboxylic acids is 1. The average molecular weight is 300 g/mol. The summed E-state index contributed by atoms with van der Waals surface area (Å²) in [5.41, 5.74) is 1.06. The fourth-order valence-corrected chi connectivity index (χ4v) is 2.23. The van der Waals surface area contributed by atoms with Gasteiger partial charge in [-0.3, -0.25) is 0 Å². The molecule has 0 atom stereocenters. The van der Waals surface area contributed by atoms with Gasteiger partial charge in [0, 0.05) is 5.56 Å². The van der Waals surface area contributed by atoms with E-state index >= 15 is 0 Å². The summed E-state index contributed by atoms with van der Waals surface area (Å²) < 4.78 is 5.67. The number of carbonyl (C=O) groups is 1. The van der Waals surface area contributed by atoms with Gasteiger partial charge in [-0.1, -0.05) is 54.6 Å². The predicted octanol–water partition coefficient (Wildman–Crippen LogP) is -0.214. The third-order valence-corrected chi connectivity index (χ3v) is 3.30. The van der Waals surface area contributed by atoms with Crippen LogP contribution in [0.5, 0.6) is 5.75 Å². The maximum Gasteiger partial charge on any atom is 1.00 e. The third kappa shape index (κ3) is 3.69. The number of aromatic carboxylic acids is 1. The molecule has 0 aliphatic rings. The molecule has 0 radical (unpaired) electrons. The largest absolute Gasteiger partial charge is 1.00 e. The van der Waals surface area contributed by atoms with Gasteiger partial charge in [-0.25, -0.2) is 0 Å². The summed E-state index contributed by atoms with van der Waals surface area (Å²) in [6.07, 6.45) is 0. The van der Waals surface area contributed by atoms with Crippen molar-refractivity contribution in [2.75, 3.05) is 0 Å². The number of hydrogen-bond donors (Lipinski definition) is 0. The summed E-state index contributed by atoms with van der Waals surface area (Å²) >= 11 is 0. The van der Waals surface area contributed by atoms with Gasteiger partial charge in [0.05, 0.1) is 5.97 Å². The van der Waals surface area contributed by atoms with Crippen LogP contribution >= 0.6 is 0 Å². The Labute approximate surface area is 150 Å². The predicted molar refractivity (Wildman–Crippen MR) is 79.1 cm³/mol. The van der Waals surface area contributed by atoms with Gasteiger partial charge in [-0.05, 0) is 28.5 Å². The van der Waals surface area contributed by atoms with E-state index in [-0.39, 0.29) is 35.1 Å². The molecule has 0 aromatic heterocycles. The van der Waals surface area contributed by atoms with Crippen LogP contribution in [-0.4, -0.2) is 5.97 Å². The summed E-state index contributed by atoms with van der Waals surface area (Å²) in [4.78, 5) is 11.3. The summed E-state index contributed by atoms with van der Waals surface area (Å²) in [7, 11) is 0. The molecule has 22 heavy (non-hydrogen) atoms. The van der Waals surface area contributed by atoms with Crippen molar-refractivity contribution in [1.82, 2.24) is 0 Å². The van der Waals surface area contributed by atoms with Crippen molar-refractivity contribution >= 4 is 16.7 Å². The molecule has 104 valence electrons. The molecule has 0 N–H and O–H groups in total. The van der Waals surface area contributed by atoms with E-state index in [1.54, 1.807) is 12.1 Å². The van der Waals surface area contributed by atoms with Crippen molar-refractivity contribution in [2.45, 2.75) is 6.61 Å². The van der Waals surface area contributed by atoms with Crippen LogP contribution in [0.15, 0.2) is 66.7 Å². The van der Waals surface area contributed by atoms with Crippen LogP contribution in [0.2, 0.25) is 0 Å². The molecule has 4 heteroatoms. The molecular weight excluding hydrogens is 287 g/mol. The molecule has 3 nitrogen and oxygen atoms in total. The number of ether oxygens (including phenoxy) is 1. The van der Waals surface area contributed by atoms with Gasteiger partial charge < -0.3 is 14.6 Å². The molecule has 3 rings (SSSR count). The molecule has 0 heterocycles.